The molecule has 0 aliphatic rings. The van der Waals surface area contributed by atoms with E-state index in [0.29, 0.717) is 6.54 Å². The van der Waals surface area contributed by atoms with Crippen molar-refractivity contribution >= 4 is 5.91 Å². The lowest BCUT2D eigenvalue weighted by Crippen LogP contribution is -2.33. The number of nitrogens with one attached hydrogen (secondary N) is 1. The molecular formula is C10H18N2O2. The van der Waals surface area contributed by atoms with E-state index in [4.69, 9.17) is 10.4 Å². The third-order valence-corrected chi connectivity index (χ3v) is 2.02. The molecule has 0 aromatic heterocycles. The third-order valence-electron chi connectivity index (χ3n) is 2.02. The summed E-state index contributed by atoms with van der Waals surface area (Å²) in [6, 6.07) is 1.79. The minimum Gasteiger partial charge on any atom is -0.396 e. The Morgan fingerprint density at radius 2 is 2.21 bits per heavy atom. The van der Waals surface area contributed by atoms with Crippen LogP contribution in [0.25, 0.3) is 0 Å². The van der Waals surface area contributed by atoms with Crippen LogP contribution in [0.3, 0.4) is 0 Å². The van der Waals surface area contributed by atoms with Gasteiger partial charge in [0.15, 0.2) is 0 Å². The van der Waals surface area contributed by atoms with Crippen molar-refractivity contribution in [3.05, 3.63) is 0 Å². The third kappa shape index (κ3) is 6.44. The van der Waals surface area contributed by atoms with E-state index >= 15 is 0 Å². The lowest BCUT2D eigenvalue weighted by atomic mass is 9.88. The molecule has 0 fully saturated rings. The first-order chi connectivity index (χ1) is 6.52. The van der Waals surface area contributed by atoms with Crippen molar-refractivity contribution in [3.63, 3.8) is 0 Å². The summed E-state index contributed by atoms with van der Waals surface area (Å²) in [5, 5.41) is 19.6. The van der Waals surface area contributed by atoms with Gasteiger partial charge in [-0.25, -0.2) is 0 Å². The fourth-order valence-corrected chi connectivity index (χ4v) is 1.12. The van der Waals surface area contributed by atoms with Gasteiger partial charge in [-0.3, -0.25) is 4.79 Å². The zero-order valence-electron chi connectivity index (χ0n) is 8.84. The maximum absolute atomic E-state index is 11.0. The number of hydrogen-bond donors (Lipinski definition) is 2. The average molecular weight is 198 g/mol. The Labute approximate surface area is 84.9 Å². The van der Waals surface area contributed by atoms with Crippen LogP contribution >= 0.6 is 0 Å². The molecule has 0 atom stereocenters. The molecule has 14 heavy (non-hydrogen) atoms. The molecule has 0 aromatic carbocycles. The van der Waals surface area contributed by atoms with Gasteiger partial charge in [-0.2, -0.15) is 5.26 Å². The summed E-state index contributed by atoms with van der Waals surface area (Å²) in [5.74, 6) is -0.232. The first-order valence-electron chi connectivity index (χ1n) is 4.76. The molecule has 4 heteroatoms. The standard InChI is InChI=1S/C10H18N2O2/c1-10(2,5-3-7-13)8-12-9(14)4-6-11/h13H,3-5,7-8H2,1-2H3,(H,12,14). The molecule has 4 nitrogen and oxygen atoms in total. The van der Waals surface area contributed by atoms with Crippen molar-refractivity contribution in [1.29, 1.82) is 5.26 Å². The highest BCUT2D eigenvalue weighted by Crippen LogP contribution is 2.20. The number of aliphatic hydroxyl groups excluding tert-OH is 1. The maximum Gasteiger partial charge on any atom is 0.234 e. The van der Waals surface area contributed by atoms with Crippen LogP contribution in [0.5, 0.6) is 0 Å². The molecule has 0 heterocycles. The van der Waals surface area contributed by atoms with E-state index < -0.39 is 0 Å². The van der Waals surface area contributed by atoms with Crippen LogP contribution in [-0.2, 0) is 4.79 Å². The van der Waals surface area contributed by atoms with Crippen LogP contribution in [0.4, 0.5) is 0 Å². The van der Waals surface area contributed by atoms with E-state index in [9.17, 15) is 4.79 Å². The monoisotopic (exact) mass is 198 g/mol. The molecule has 0 aliphatic carbocycles. The minimum atomic E-state index is -0.232. The van der Waals surface area contributed by atoms with E-state index in [2.05, 4.69) is 5.32 Å². The smallest absolute Gasteiger partial charge is 0.234 e. The van der Waals surface area contributed by atoms with Crippen molar-refractivity contribution in [3.8, 4) is 6.07 Å². The molecule has 2 N–H and O–H groups in total. The van der Waals surface area contributed by atoms with E-state index in [0.717, 1.165) is 12.8 Å². The van der Waals surface area contributed by atoms with Gasteiger partial charge < -0.3 is 10.4 Å². The van der Waals surface area contributed by atoms with Gasteiger partial charge in [-0.05, 0) is 18.3 Å². The molecule has 0 bridgehead atoms. The molecule has 0 aromatic rings. The molecule has 0 unspecified atom stereocenters. The second kappa shape index (κ2) is 6.39. The van der Waals surface area contributed by atoms with Crippen LogP contribution in [-0.4, -0.2) is 24.2 Å². The van der Waals surface area contributed by atoms with E-state index in [-0.39, 0.29) is 24.3 Å². The average Bonchev–Trinajstić information content (AvgIpc) is 2.13. The molecule has 0 rings (SSSR count). The lowest BCUT2D eigenvalue weighted by Gasteiger charge is -2.24. The molecule has 1 amide bonds. The second-order valence-electron chi connectivity index (χ2n) is 4.10. The number of nitrogens with zero attached hydrogens (tertiary/aromatic N) is 1. The van der Waals surface area contributed by atoms with Gasteiger partial charge in [0.2, 0.25) is 5.91 Å². The fraction of sp³-hybridized carbons (Fsp3) is 0.800. The number of carbonyl (C=O) groups is 1. The van der Waals surface area contributed by atoms with Gasteiger partial charge in [0, 0.05) is 13.2 Å². The van der Waals surface area contributed by atoms with Crippen molar-refractivity contribution in [2.24, 2.45) is 5.41 Å². The Hall–Kier alpha value is -1.08. The molecule has 0 radical (unpaired) electrons. The van der Waals surface area contributed by atoms with Gasteiger partial charge >= 0.3 is 0 Å². The van der Waals surface area contributed by atoms with Crippen LogP contribution in [0.2, 0.25) is 0 Å². The highest BCUT2D eigenvalue weighted by molar-refractivity contribution is 5.77. The van der Waals surface area contributed by atoms with Crippen molar-refractivity contribution in [1.82, 2.24) is 5.32 Å². The number of nitriles is 1. The Balaban J connectivity index is 3.75. The molecule has 0 spiro atoms. The van der Waals surface area contributed by atoms with Gasteiger partial charge in [-0.1, -0.05) is 13.8 Å². The largest absolute Gasteiger partial charge is 0.396 e. The minimum absolute atomic E-state index is 0.0200. The summed E-state index contributed by atoms with van der Waals surface area (Å²) >= 11 is 0. The molecule has 0 saturated carbocycles. The summed E-state index contributed by atoms with van der Waals surface area (Å²) in [6.45, 7) is 4.77. The van der Waals surface area contributed by atoms with Crippen LogP contribution in [0.1, 0.15) is 33.1 Å². The maximum atomic E-state index is 11.0. The Morgan fingerprint density at radius 3 is 2.71 bits per heavy atom. The fourth-order valence-electron chi connectivity index (χ4n) is 1.12. The Kier molecular flexibility index (Phi) is 5.89. The quantitative estimate of drug-likeness (QED) is 0.663. The second-order valence-corrected chi connectivity index (χ2v) is 4.10. The Bertz CT molecular complexity index is 219. The van der Waals surface area contributed by atoms with Gasteiger partial charge in [0.05, 0.1) is 6.07 Å². The lowest BCUT2D eigenvalue weighted by molar-refractivity contribution is -0.120. The first kappa shape index (κ1) is 12.9. The molecular weight excluding hydrogens is 180 g/mol. The number of hydrogen-bond acceptors (Lipinski definition) is 3. The van der Waals surface area contributed by atoms with E-state index in [1.165, 1.54) is 0 Å². The normalized spacial score (nSPS) is 10.7. The molecule has 80 valence electrons. The number of rotatable bonds is 6. The Morgan fingerprint density at radius 1 is 1.57 bits per heavy atom. The number of carbonyl (C=O) groups excluding carboxylic acids is 1. The van der Waals surface area contributed by atoms with Crippen molar-refractivity contribution in [2.75, 3.05) is 13.2 Å². The van der Waals surface area contributed by atoms with Gasteiger partial charge in [0.25, 0.3) is 0 Å². The topological polar surface area (TPSA) is 73.1 Å². The van der Waals surface area contributed by atoms with Crippen LogP contribution in [0.15, 0.2) is 0 Å². The zero-order valence-corrected chi connectivity index (χ0v) is 8.84. The van der Waals surface area contributed by atoms with Gasteiger partial charge in [-0.15, -0.1) is 0 Å². The van der Waals surface area contributed by atoms with Crippen LogP contribution < -0.4 is 5.32 Å². The SMILES string of the molecule is CC(C)(CCCO)CNC(=O)CC#N. The van der Waals surface area contributed by atoms with Gasteiger partial charge in [0.1, 0.15) is 6.42 Å². The van der Waals surface area contributed by atoms with Crippen molar-refractivity contribution < 1.29 is 9.90 Å². The summed E-state index contributed by atoms with van der Waals surface area (Å²) in [5.41, 5.74) is -0.0200. The first-order valence-corrected chi connectivity index (χ1v) is 4.76. The molecule has 0 saturated heterocycles. The number of amides is 1. The van der Waals surface area contributed by atoms with Crippen LogP contribution in [0, 0.1) is 16.7 Å². The summed E-state index contributed by atoms with van der Waals surface area (Å²) in [7, 11) is 0. The summed E-state index contributed by atoms with van der Waals surface area (Å²) in [4.78, 5) is 11.0. The van der Waals surface area contributed by atoms with E-state index in [1.54, 1.807) is 6.07 Å². The zero-order chi connectivity index (χ0) is 11.0. The summed E-state index contributed by atoms with van der Waals surface area (Å²) in [6.07, 6.45) is 1.51. The highest BCUT2D eigenvalue weighted by atomic mass is 16.2. The number of aliphatic hydroxyl groups is 1. The predicted octanol–water partition coefficient (Wildman–Crippen LogP) is 0.815. The molecule has 0 aliphatic heterocycles. The van der Waals surface area contributed by atoms with Crippen molar-refractivity contribution in [2.45, 2.75) is 33.1 Å². The predicted molar refractivity (Wildman–Crippen MR) is 53.3 cm³/mol. The van der Waals surface area contributed by atoms with E-state index in [1.807, 2.05) is 13.8 Å². The highest BCUT2D eigenvalue weighted by Gasteiger charge is 2.17. The summed E-state index contributed by atoms with van der Waals surface area (Å²) < 4.78 is 0.